The summed E-state index contributed by atoms with van der Waals surface area (Å²) in [6.45, 7) is -1.16. The van der Waals surface area contributed by atoms with Gasteiger partial charge in [0.2, 0.25) is 6.79 Å². The molecule has 0 aromatic heterocycles. The maximum atomic E-state index is 11.5. The van der Waals surface area contributed by atoms with Gasteiger partial charge in [0.1, 0.15) is 0 Å². The normalized spacial score (nSPS) is 11.1. The van der Waals surface area contributed by atoms with Crippen LogP contribution in [0.1, 0.15) is 10.4 Å². The summed E-state index contributed by atoms with van der Waals surface area (Å²) < 4.78 is 41.9. The lowest BCUT2D eigenvalue weighted by Crippen LogP contribution is -2.18. The average molecular weight is 219 g/mol. The molecule has 0 atom stereocenters. The predicted octanol–water partition coefficient (Wildman–Crippen LogP) is 2.14. The van der Waals surface area contributed by atoms with Crippen LogP contribution in [0.5, 0.6) is 0 Å². The summed E-state index contributed by atoms with van der Waals surface area (Å²) in [6.07, 6.45) is -4.80. The predicted molar refractivity (Wildman–Crippen MR) is 42.7 cm³/mol. The molecule has 0 aliphatic carbocycles. The Morgan fingerprint density at radius 2 is 2.20 bits per heavy atom. The summed E-state index contributed by atoms with van der Waals surface area (Å²) in [4.78, 5) is 11.0. The number of carbonyl (C=O) groups excluding carboxylic acids is 1. The molecule has 0 N–H and O–H groups in total. The highest BCUT2D eigenvalue weighted by Crippen LogP contribution is 2.15. The first kappa shape index (κ1) is 11.5. The third kappa shape index (κ3) is 4.46. The van der Waals surface area contributed by atoms with Crippen molar-refractivity contribution in [2.75, 3.05) is 6.79 Å². The van der Waals surface area contributed by atoms with Gasteiger partial charge in [-0.05, 0) is 18.2 Å². The zero-order chi connectivity index (χ0) is 11.3. The number of esters is 1. The second kappa shape index (κ2) is 4.79. The molecule has 0 unspecified atom stereocenters. The second-order valence-corrected chi connectivity index (χ2v) is 2.43. The molecule has 0 spiro atoms. The van der Waals surface area contributed by atoms with Gasteiger partial charge in [-0.25, -0.2) is 4.79 Å². The largest absolute Gasteiger partial charge is 0.525 e. The van der Waals surface area contributed by atoms with E-state index in [4.69, 9.17) is 0 Å². The zero-order valence-corrected chi connectivity index (χ0v) is 7.38. The Morgan fingerprint density at radius 3 is 2.73 bits per heavy atom. The molecule has 0 aliphatic rings. The van der Waals surface area contributed by atoms with Crippen LogP contribution in [0.2, 0.25) is 0 Å². The fourth-order valence-electron chi connectivity index (χ4n) is 0.753. The number of ether oxygens (including phenoxy) is 2. The third-order valence-corrected chi connectivity index (χ3v) is 1.36. The highest BCUT2D eigenvalue weighted by molar-refractivity contribution is 5.89. The van der Waals surface area contributed by atoms with Crippen LogP contribution >= 0.6 is 0 Å². The maximum Gasteiger partial charge on any atom is 0.525 e. The van der Waals surface area contributed by atoms with Crippen molar-refractivity contribution in [3.63, 3.8) is 0 Å². The van der Waals surface area contributed by atoms with Crippen LogP contribution in [0.4, 0.5) is 13.2 Å². The number of alkyl halides is 3. The van der Waals surface area contributed by atoms with Crippen LogP contribution in [0.15, 0.2) is 24.3 Å². The van der Waals surface area contributed by atoms with E-state index in [1.807, 2.05) is 0 Å². The van der Waals surface area contributed by atoms with Gasteiger partial charge in [0, 0.05) is 0 Å². The lowest BCUT2D eigenvalue weighted by Gasteiger charge is -2.07. The number of rotatable bonds is 3. The van der Waals surface area contributed by atoms with Crippen molar-refractivity contribution in [3.05, 3.63) is 35.9 Å². The molecule has 15 heavy (non-hydrogen) atoms. The Kier molecular flexibility index (Phi) is 3.68. The van der Waals surface area contributed by atoms with Gasteiger partial charge in [-0.15, -0.1) is 13.2 Å². The van der Waals surface area contributed by atoms with Gasteiger partial charge in [0.05, 0.1) is 5.56 Å². The molecular formula is C9H6F3O3. The van der Waals surface area contributed by atoms with E-state index < -0.39 is 19.1 Å². The molecule has 1 radical (unpaired) electrons. The fourth-order valence-corrected chi connectivity index (χ4v) is 0.753. The van der Waals surface area contributed by atoms with Crippen molar-refractivity contribution >= 4 is 5.97 Å². The standard InChI is InChI=1S/C9H6F3O3/c10-9(11,12)15-6-14-8(13)7-4-2-1-3-5-7/h1-2,4-5H,6H2. The van der Waals surface area contributed by atoms with Gasteiger partial charge in [-0.2, -0.15) is 0 Å². The van der Waals surface area contributed by atoms with Gasteiger partial charge < -0.3 is 4.74 Å². The third-order valence-electron chi connectivity index (χ3n) is 1.36. The summed E-state index contributed by atoms with van der Waals surface area (Å²) in [5.74, 6) is -0.893. The van der Waals surface area contributed by atoms with Gasteiger partial charge >= 0.3 is 12.3 Å². The first-order valence-corrected chi connectivity index (χ1v) is 3.83. The molecule has 1 rings (SSSR count). The Bertz CT molecular complexity index is 321. The van der Waals surface area contributed by atoms with Crippen molar-refractivity contribution in [1.29, 1.82) is 0 Å². The van der Waals surface area contributed by atoms with E-state index in [-0.39, 0.29) is 5.56 Å². The minimum absolute atomic E-state index is 0.114. The van der Waals surface area contributed by atoms with Crippen molar-refractivity contribution < 1.29 is 27.4 Å². The molecule has 0 bridgehead atoms. The van der Waals surface area contributed by atoms with E-state index in [0.29, 0.717) is 0 Å². The first-order valence-electron chi connectivity index (χ1n) is 3.83. The first-order chi connectivity index (χ1) is 6.99. The highest BCUT2D eigenvalue weighted by atomic mass is 19.4. The van der Waals surface area contributed by atoms with Gasteiger partial charge in [-0.1, -0.05) is 12.1 Å². The monoisotopic (exact) mass is 219 g/mol. The summed E-state index contributed by atoms with van der Waals surface area (Å²) in [5, 5.41) is 0. The summed E-state index contributed by atoms with van der Waals surface area (Å²) in [5.41, 5.74) is 0.114. The molecule has 0 saturated carbocycles. The lowest BCUT2D eigenvalue weighted by atomic mass is 10.2. The summed E-state index contributed by atoms with van der Waals surface area (Å²) in [7, 11) is 0. The van der Waals surface area contributed by atoms with Crippen molar-refractivity contribution in [1.82, 2.24) is 0 Å². The molecule has 3 nitrogen and oxygen atoms in total. The molecule has 0 fully saturated rings. The van der Waals surface area contributed by atoms with Gasteiger partial charge in [-0.3, -0.25) is 4.74 Å². The molecule has 1 aromatic rings. The number of halogens is 3. The number of hydrogen-bond donors (Lipinski definition) is 0. The van der Waals surface area contributed by atoms with Crippen LogP contribution in [0.3, 0.4) is 0 Å². The quantitative estimate of drug-likeness (QED) is 0.577. The topological polar surface area (TPSA) is 35.5 Å². The Morgan fingerprint density at radius 1 is 1.47 bits per heavy atom. The molecule has 0 aliphatic heterocycles. The molecule has 81 valence electrons. The van der Waals surface area contributed by atoms with Crippen LogP contribution in [-0.2, 0) is 9.47 Å². The Hall–Kier alpha value is -1.56. The molecular weight excluding hydrogens is 213 g/mol. The van der Waals surface area contributed by atoms with Crippen LogP contribution < -0.4 is 0 Å². The fraction of sp³-hybridized carbons (Fsp3) is 0.222. The number of benzene rings is 1. The van der Waals surface area contributed by atoms with Gasteiger partial charge in [0.15, 0.2) is 0 Å². The van der Waals surface area contributed by atoms with Crippen molar-refractivity contribution in [2.45, 2.75) is 6.36 Å². The van der Waals surface area contributed by atoms with Crippen LogP contribution in [0.25, 0.3) is 0 Å². The van der Waals surface area contributed by atoms with E-state index in [0.717, 1.165) is 0 Å². The van der Waals surface area contributed by atoms with Gasteiger partial charge in [0.25, 0.3) is 0 Å². The molecule has 6 heteroatoms. The minimum atomic E-state index is -4.80. The van der Waals surface area contributed by atoms with Crippen LogP contribution in [-0.4, -0.2) is 19.1 Å². The van der Waals surface area contributed by atoms with E-state index in [1.165, 1.54) is 18.2 Å². The smallest absolute Gasteiger partial charge is 0.435 e. The molecule has 0 amide bonds. The average Bonchev–Trinajstić information content (AvgIpc) is 2.17. The lowest BCUT2D eigenvalue weighted by molar-refractivity contribution is -0.343. The van der Waals surface area contributed by atoms with E-state index in [2.05, 4.69) is 15.5 Å². The Balaban J connectivity index is 2.38. The summed E-state index contributed by atoms with van der Waals surface area (Å²) >= 11 is 0. The number of carbonyl (C=O) groups is 1. The highest BCUT2D eigenvalue weighted by Gasteiger charge is 2.29. The van der Waals surface area contributed by atoms with Crippen molar-refractivity contribution in [2.24, 2.45) is 0 Å². The molecule has 0 saturated heterocycles. The molecule has 0 heterocycles. The minimum Gasteiger partial charge on any atom is -0.435 e. The number of hydrogen-bond acceptors (Lipinski definition) is 3. The zero-order valence-electron chi connectivity index (χ0n) is 7.38. The SMILES string of the molecule is O=C(OCOC(F)(F)F)c1c[c]ccc1. The van der Waals surface area contributed by atoms with Crippen molar-refractivity contribution in [3.8, 4) is 0 Å². The van der Waals surface area contributed by atoms with E-state index >= 15 is 0 Å². The van der Waals surface area contributed by atoms with Crippen LogP contribution in [0, 0.1) is 6.07 Å². The summed E-state index contributed by atoms with van der Waals surface area (Å²) in [6, 6.07) is 8.34. The molecule has 1 aromatic carbocycles. The Labute approximate surface area is 83.4 Å². The maximum absolute atomic E-state index is 11.5. The van der Waals surface area contributed by atoms with E-state index in [1.54, 1.807) is 6.07 Å². The second-order valence-electron chi connectivity index (χ2n) is 2.43. The van der Waals surface area contributed by atoms with E-state index in [9.17, 15) is 18.0 Å².